The van der Waals surface area contributed by atoms with Crippen LogP contribution in [0.1, 0.15) is 57.1 Å². The molecule has 19 heavy (non-hydrogen) atoms. The van der Waals surface area contributed by atoms with Crippen molar-refractivity contribution >= 4 is 0 Å². The molecule has 0 aliphatic heterocycles. The topological polar surface area (TPSA) is 21.3 Å². The molecule has 1 aromatic rings. The zero-order chi connectivity index (χ0) is 13.9. The van der Waals surface area contributed by atoms with E-state index in [1.54, 1.807) is 0 Å². The smallest absolute Gasteiger partial charge is 0.0723 e. The molecule has 0 saturated heterocycles. The van der Waals surface area contributed by atoms with E-state index in [2.05, 4.69) is 43.4 Å². The highest BCUT2D eigenvalue weighted by Crippen LogP contribution is 2.13. The molecule has 108 valence electrons. The maximum atomic E-state index is 5.97. The van der Waals surface area contributed by atoms with Crippen molar-refractivity contribution < 1.29 is 4.74 Å². The van der Waals surface area contributed by atoms with Gasteiger partial charge in [0.1, 0.15) is 0 Å². The fraction of sp³-hybridized carbons (Fsp3) is 0.647. The van der Waals surface area contributed by atoms with Crippen molar-refractivity contribution in [3.05, 3.63) is 35.4 Å². The SMILES string of the molecule is CCCCCCC(C)OCc1ccccc1CNC. The highest BCUT2D eigenvalue weighted by Gasteiger charge is 2.05. The first-order chi connectivity index (χ1) is 9.27. The molecule has 0 bridgehead atoms. The van der Waals surface area contributed by atoms with Crippen LogP contribution in [0.2, 0.25) is 0 Å². The Bertz CT molecular complexity index is 338. The molecule has 0 aliphatic carbocycles. The molecule has 0 saturated carbocycles. The second-order valence-electron chi connectivity index (χ2n) is 5.27. The van der Waals surface area contributed by atoms with Gasteiger partial charge in [0.05, 0.1) is 12.7 Å². The summed E-state index contributed by atoms with van der Waals surface area (Å²) in [6.07, 6.45) is 6.80. The molecular weight excluding hydrogens is 234 g/mol. The Morgan fingerprint density at radius 3 is 2.53 bits per heavy atom. The normalized spacial score (nSPS) is 12.6. The van der Waals surface area contributed by atoms with Crippen LogP contribution in [-0.2, 0) is 17.9 Å². The minimum atomic E-state index is 0.361. The molecule has 0 spiro atoms. The highest BCUT2D eigenvalue weighted by molar-refractivity contribution is 5.26. The van der Waals surface area contributed by atoms with Crippen LogP contribution < -0.4 is 5.32 Å². The minimum absolute atomic E-state index is 0.361. The Hall–Kier alpha value is -0.860. The van der Waals surface area contributed by atoms with Crippen LogP contribution in [0.25, 0.3) is 0 Å². The Labute approximate surface area is 118 Å². The second kappa shape index (κ2) is 9.99. The summed E-state index contributed by atoms with van der Waals surface area (Å²) in [5.41, 5.74) is 2.64. The van der Waals surface area contributed by atoms with Crippen molar-refractivity contribution in [3.63, 3.8) is 0 Å². The lowest BCUT2D eigenvalue weighted by Gasteiger charge is -2.15. The summed E-state index contributed by atoms with van der Waals surface area (Å²) < 4.78 is 5.97. The molecule has 0 aromatic heterocycles. The largest absolute Gasteiger partial charge is 0.374 e. The molecule has 1 rings (SSSR count). The van der Waals surface area contributed by atoms with E-state index >= 15 is 0 Å². The van der Waals surface area contributed by atoms with E-state index in [1.165, 1.54) is 43.2 Å². The first-order valence-electron chi connectivity index (χ1n) is 7.61. The summed E-state index contributed by atoms with van der Waals surface area (Å²) in [5, 5.41) is 3.20. The van der Waals surface area contributed by atoms with E-state index in [9.17, 15) is 0 Å². The van der Waals surface area contributed by atoms with Gasteiger partial charge in [-0.25, -0.2) is 0 Å². The summed E-state index contributed by atoms with van der Waals surface area (Å²) >= 11 is 0. The van der Waals surface area contributed by atoms with Crippen LogP contribution >= 0.6 is 0 Å². The van der Waals surface area contributed by atoms with Crippen molar-refractivity contribution in [1.29, 1.82) is 0 Å². The van der Waals surface area contributed by atoms with E-state index in [0.717, 1.165) is 13.2 Å². The third kappa shape index (κ3) is 6.74. The zero-order valence-corrected chi connectivity index (χ0v) is 12.7. The molecule has 1 aromatic carbocycles. The first-order valence-corrected chi connectivity index (χ1v) is 7.61. The van der Waals surface area contributed by atoms with Gasteiger partial charge in [0.2, 0.25) is 0 Å². The first kappa shape index (κ1) is 16.2. The van der Waals surface area contributed by atoms with Gasteiger partial charge in [-0.2, -0.15) is 0 Å². The van der Waals surface area contributed by atoms with E-state index < -0.39 is 0 Å². The van der Waals surface area contributed by atoms with Gasteiger partial charge in [-0.05, 0) is 31.5 Å². The van der Waals surface area contributed by atoms with Gasteiger partial charge in [-0.3, -0.25) is 0 Å². The maximum Gasteiger partial charge on any atom is 0.0723 e. The Balaban J connectivity index is 2.31. The molecular formula is C17H29NO. The molecule has 2 heteroatoms. The lowest BCUT2D eigenvalue weighted by molar-refractivity contribution is 0.0455. The summed E-state index contributed by atoms with van der Waals surface area (Å²) in [7, 11) is 1.98. The van der Waals surface area contributed by atoms with Crippen LogP contribution in [0.15, 0.2) is 24.3 Å². The molecule has 0 amide bonds. The Morgan fingerprint density at radius 1 is 1.11 bits per heavy atom. The van der Waals surface area contributed by atoms with Gasteiger partial charge in [-0.15, -0.1) is 0 Å². The molecule has 0 aliphatic rings. The molecule has 1 atom stereocenters. The lowest BCUT2D eigenvalue weighted by atomic mass is 10.1. The van der Waals surface area contributed by atoms with Gasteiger partial charge in [0.15, 0.2) is 0 Å². The minimum Gasteiger partial charge on any atom is -0.374 e. The zero-order valence-electron chi connectivity index (χ0n) is 12.7. The van der Waals surface area contributed by atoms with E-state index in [4.69, 9.17) is 4.74 Å². The van der Waals surface area contributed by atoms with Crippen molar-refractivity contribution in [2.45, 2.75) is 65.2 Å². The third-order valence-corrected chi connectivity index (χ3v) is 3.47. The van der Waals surface area contributed by atoms with Crippen molar-refractivity contribution in [2.75, 3.05) is 7.05 Å². The van der Waals surface area contributed by atoms with Crippen molar-refractivity contribution in [1.82, 2.24) is 5.32 Å². The highest BCUT2D eigenvalue weighted by atomic mass is 16.5. The predicted octanol–water partition coefficient (Wildman–Crippen LogP) is 4.28. The third-order valence-electron chi connectivity index (χ3n) is 3.47. The van der Waals surface area contributed by atoms with Crippen LogP contribution in [0.4, 0.5) is 0 Å². The van der Waals surface area contributed by atoms with E-state index in [1.807, 2.05) is 7.05 Å². The van der Waals surface area contributed by atoms with Crippen LogP contribution in [-0.4, -0.2) is 13.2 Å². The average Bonchev–Trinajstić information content (AvgIpc) is 2.43. The summed E-state index contributed by atoms with van der Waals surface area (Å²) in [6.45, 7) is 6.07. The van der Waals surface area contributed by atoms with Gasteiger partial charge in [0, 0.05) is 6.54 Å². The fourth-order valence-electron chi connectivity index (χ4n) is 2.24. The average molecular weight is 263 g/mol. The molecule has 1 N–H and O–H groups in total. The molecule has 0 heterocycles. The summed E-state index contributed by atoms with van der Waals surface area (Å²) in [6, 6.07) is 8.51. The van der Waals surface area contributed by atoms with E-state index in [0.29, 0.717) is 6.10 Å². The summed E-state index contributed by atoms with van der Waals surface area (Å²) in [5.74, 6) is 0. The number of hydrogen-bond acceptors (Lipinski definition) is 2. The number of hydrogen-bond donors (Lipinski definition) is 1. The van der Waals surface area contributed by atoms with Crippen LogP contribution in [0.3, 0.4) is 0 Å². The van der Waals surface area contributed by atoms with Gasteiger partial charge < -0.3 is 10.1 Å². The predicted molar refractivity (Wildman–Crippen MR) is 82.2 cm³/mol. The number of unbranched alkanes of at least 4 members (excludes halogenated alkanes) is 3. The van der Waals surface area contributed by atoms with Crippen molar-refractivity contribution in [3.8, 4) is 0 Å². The number of nitrogens with one attached hydrogen (secondary N) is 1. The number of rotatable bonds is 10. The lowest BCUT2D eigenvalue weighted by Crippen LogP contribution is -2.11. The van der Waals surface area contributed by atoms with Gasteiger partial charge in [0.25, 0.3) is 0 Å². The second-order valence-corrected chi connectivity index (χ2v) is 5.27. The molecule has 0 fully saturated rings. The fourth-order valence-corrected chi connectivity index (χ4v) is 2.24. The standard InChI is InChI=1S/C17H29NO/c1-4-5-6-7-10-15(2)19-14-17-12-9-8-11-16(17)13-18-3/h8-9,11-12,15,18H,4-7,10,13-14H2,1-3H3. The monoisotopic (exact) mass is 263 g/mol. The maximum absolute atomic E-state index is 5.97. The number of ether oxygens (including phenoxy) is 1. The Kier molecular flexibility index (Phi) is 8.52. The van der Waals surface area contributed by atoms with E-state index in [-0.39, 0.29) is 0 Å². The Morgan fingerprint density at radius 2 is 1.84 bits per heavy atom. The van der Waals surface area contributed by atoms with Crippen molar-refractivity contribution in [2.24, 2.45) is 0 Å². The molecule has 1 unspecified atom stereocenters. The van der Waals surface area contributed by atoms with Crippen LogP contribution in [0.5, 0.6) is 0 Å². The number of benzene rings is 1. The van der Waals surface area contributed by atoms with Crippen LogP contribution in [0, 0.1) is 0 Å². The molecule has 0 radical (unpaired) electrons. The van der Waals surface area contributed by atoms with Gasteiger partial charge >= 0.3 is 0 Å². The molecule has 2 nitrogen and oxygen atoms in total. The van der Waals surface area contributed by atoms with Gasteiger partial charge in [-0.1, -0.05) is 56.9 Å². The quantitative estimate of drug-likeness (QED) is 0.636. The summed E-state index contributed by atoms with van der Waals surface area (Å²) in [4.78, 5) is 0.